The van der Waals surface area contributed by atoms with Gasteiger partial charge in [-0.25, -0.2) is 0 Å². The van der Waals surface area contributed by atoms with E-state index in [1.165, 1.54) is 12.2 Å². The number of aliphatic hydroxyl groups excluding tert-OH is 6. The maximum Gasteiger partial charge on any atom is 0.308 e. The first-order chi connectivity index (χ1) is 37.2. The Morgan fingerprint density at radius 1 is 0.835 bits per heavy atom. The van der Waals surface area contributed by atoms with Crippen LogP contribution in [0.4, 0.5) is 0 Å². The van der Waals surface area contributed by atoms with Crippen LogP contribution >= 0.6 is 11.6 Å². The maximum absolute atomic E-state index is 14.2. The van der Waals surface area contributed by atoms with E-state index in [9.17, 15) is 50.4 Å². The summed E-state index contributed by atoms with van der Waals surface area (Å²) in [7, 11) is 1.61. The number of hydrogen-bond acceptors (Lipinski definition) is 19. The van der Waals surface area contributed by atoms with Gasteiger partial charge in [0.15, 0.2) is 17.4 Å². The van der Waals surface area contributed by atoms with Crippen molar-refractivity contribution in [2.24, 2.45) is 23.7 Å². The van der Waals surface area contributed by atoms with E-state index >= 15 is 0 Å². The van der Waals surface area contributed by atoms with Gasteiger partial charge in [0.05, 0.1) is 98.0 Å². The van der Waals surface area contributed by atoms with E-state index in [1.807, 2.05) is 32.1 Å². The molecule has 8 rings (SSSR count). The van der Waals surface area contributed by atoms with E-state index in [0.29, 0.717) is 44.1 Å². The first-order valence-electron chi connectivity index (χ1n) is 28.7. The smallest absolute Gasteiger partial charge is 0.308 e. The second-order valence-corrected chi connectivity index (χ2v) is 25.3. The molecule has 79 heavy (non-hydrogen) atoms. The summed E-state index contributed by atoms with van der Waals surface area (Å²) in [5.74, 6) is -8.17. The number of ether oxygens (including phenoxy) is 9. The number of esters is 1. The fourth-order valence-corrected chi connectivity index (χ4v) is 14.0. The summed E-state index contributed by atoms with van der Waals surface area (Å²) in [5.41, 5.74) is -0.0333. The van der Waals surface area contributed by atoms with Crippen molar-refractivity contribution in [3.8, 4) is 0 Å². The van der Waals surface area contributed by atoms with Crippen LogP contribution in [0, 0.1) is 23.7 Å². The number of halogens is 1. The van der Waals surface area contributed by atoms with Crippen molar-refractivity contribution in [2.45, 2.75) is 258 Å². The predicted octanol–water partition coefficient (Wildman–Crippen LogP) is 4.79. The Hall–Kier alpha value is -2.51. The Bertz CT molecular complexity index is 2240. The predicted molar refractivity (Wildman–Crippen MR) is 287 cm³/mol. The Labute approximate surface area is 469 Å². The largest absolute Gasteiger partial charge is 0.459 e. The van der Waals surface area contributed by atoms with Gasteiger partial charge in [-0.2, -0.15) is 0 Å². The van der Waals surface area contributed by atoms with Gasteiger partial charge >= 0.3 is 5.97 Å². The molecule has 19 nitrogen and oxygen atoms in total. The van der Waals surface area contributed by atoms with Gasteiger partial charge in [-0.05, 0) is 50.7 Å². The zero-order valence-electron chi connectivity index (χ0n) is 46.8. The zero-order valence-corrected chi connectivity index (χ0v) is 47.6. The second-order valence-electron chi connectivity index (χ2n) is 24.9. The van der Waals surface area contributed by atoms with Crippen molar-refractivity contribution in [3.05, 3.63) is 59.7 Å². The van der Waals surface area contributed by atoms with Crippen LogP contribution in [0.5, 0.6) is 0 Å². The lowest BCUT2D eigenvalue weighted by Gasteiger charge is -2.51. The molecule has 7 fully saturated rings. The van der Waals surface area contributed by atoms with Crippen molar-refractivity contribution in [1.82, 2.24) is 0 Å². The zero-order chi connectivity index (χ0) is 57.4. The van der Waals surface area contributed by atoms with Crippen molar-refractivity contribution >= 4 is 23.4 Å². The van der Waals surface area contributed by atoms with Crippen molar-refractivity contribution in [1.29, 1.82) is 0 Å². The van der Waals surface area contributed by atoms with Gasteiger partial charge in [-0.1, -0.05) is 82.3 Å². The summed E-state index contributed by atoms with van der Waals surface area (Å²) in [6.45, 7) is 16.8. The summed E-state index contributed by atoms with van der Waals surface area (Å²) in [4.78, 5) is 28.4. The van der Waals surface area contributed by atoms with Gasteiger partial charge < -0.3 is 83.5 Å². The van der Waals surface area contributed by atoms with Crippen LogP contribution in [0.15, 0.2) is 59.7 Å². The summed E-state index contributed by atoms with van der Waals surface area (Å²) in [5, 5.41) is 93.4. The van der Waals surface area contributed by atoms with Gasteiger partial charge in [0.25, 0.3) is 0 Å². The molecule has 0 aromatic heterocycles. The molecule has 20 heteroatoms. The Balaban J connectivity index is 1.08. The molecule has 8 aliphatic heterocycles. The Morgan fingerprint density at radius 2 is 1.53 bits per heavy atom. The Kier molecular flexibility index (Phi) is 20.4. The molecule has 0 aliphatic carbocycles. The number of allylic oxidation sites excluding steroid dienone is 3. The number of carbonyl (C=O) groups excluding carboxylic acids is 2. The minimum absolute atomic E-state index is 0.00429. The number of rotatable bonds is 7. The van der Waals surface area contributed by atoms with E-state index in [4.69, 9.17) is 54.2 Å². The standard InChI is InChI=1S/C59H89ClO19/c1-31(16-38(61)15-14-32(2)60)17-49-51(67)53-36(6)54(73-49)55(68)59(70)28-47(65)34(4)48(79-59)13-11-9-10-12-41-19-39(62)24-57(75-41)27-44(71-8)21-43(76-57)22-46(64)35(5)52-33(3)37(29-72-52)18-45-26-56(7,69)30-58(78-45)25-40(63)20-42(77-58)23-50(66)74-53/h10,12,14-15,18,33-36,38-45,47-49,51-55,61-63,65,67-70H,1-2,9,11,13,16-17,19-30H2,3-8H3/b12-10-,15-14+,37-18-/t33-,34+,35+,36?,38+,39-,40-,41-,42+,43-,44-,45-,47-,48+,49+,51+,52-,53?,54?,55-,56-,57?,58?,59+/m0/s1. The average molecular weight is 1140 g/mol. The number of aliphatic hydroxyl groups is 8. The van der Waals surface area contributed by atoms with Crippen LogP contribution in [0.1, 0.15) is 137 Å². The van der Waals surface area contributed by atoms with Crippen molar-refractivity contribution < 1.29 is 93.1 Å². The lowest BCUT2D eigenvalue weighted by molar-refractivity contribution is -0.350. The van der Waals surface area contributed by atoms with Crippen LogP contribution in [-0.4, -0.2) is 187 Å². The summed E-state index contributed by atoms with van der Waals surface area (Å²) < 4.78 is 57.8. The van der Waals surface area contributed by atoms with Gasteiger partial charge in [-0.15, -0.1) is 0 Å². The lowest BCUT2D eigenvalue weighted by Crippen LogP contribution is -2.65. The molecule has 7 saturated heterocycles. The third-order valence-electron chi connectivity index (χ3n) is 17.9. The number of methoxy groups -OCH3 is 1. The molecule has 0 amide bonds. The molecule has 0 aromatic rings. The minimum atomic E-state index is -2.37. The van der Waals surface area contributed by atoms with E-state index in [-0.39, 0.29) is 87.2 Å². The van der Waals surface area contributed by atoms with Crippen molar-refractivity contribution in [3.63, 3.8) is 0 Å². The topological polar surface area (TPSA) is 279 Å². The highest BCUT2D eigenvalue weighted by Gasteiger charge is 2.58. The molecule has 8 aliphatic rings. The summed E-state index contributed by atoms with van der Waals surface area (Å²) >= 11 is 5.88. The van der Waals surface area contributed by atoms with Gasteiger partial charge in [-0.3, -0.25) is 9.59 Å². The van der Waals surface area contributed by atoms with Crippen LogP contribution in [-0.2, 0) is 52.2 Å². The highest BCUT2D eigenvalue weighted by molar-refractivity contribution is 6.30. The first kappa shape index (κ1) is 62.5. The number of ketones is 1. The van der Waals surface area contributed by atoms with E-state index in [0.717, 1.165) is 5.57 Å². The van der Waals surface area contributed by atoms with E-state index < -0.39 is 145 Å². The number of hydrogen-bond donors (Lipinski definition) is 8. The van der Waals surface area contributed by atoms with Crippen LogP contribution in [0.3, 0.4) is 0 Å². The number of fused-ring (bicyclic) bond motifs is 10. The minimum Gasteiger partial charge on any atom is -0.459 e. The van der Waals surface area contributed by atoms with Crippen molar-refractivity contribution in [2.75, 3.05) is 13.7 Å². The molecule has 5 unspecified atom stereocenters. The van der Waals surface area contributed by atoms with Crippen LogP contribution in [0.2, 0.25) is 0 Å². The summed E-state index contributed by atoms with van der Waals surface area (Å²) in [6, 6.07) is 0. The number of carbonyl (C=O) groups is 2. The molecule has 8 heterocycles. The fraction of sp³-hybridized carbons (Fsp3) is 0.797. The maximum atomic E-state index is 14.2. The molecule has 0 aromatic carbocycles. The molecule has 8 N–H and O–H groups in total. The molecular formula is C59H89ClO19. The van der Waals surface area contributed by atoms with Crippen LogP contribution < -0.4 is 0 Å². The molecular weight excluding hydrogens is 1050 g/mol. The van der Waals surface area contributed by atoms with E-state index in [1.54, 1.807) is 27.9 Å². The monoisotopic (exact) mass is 1140 g/mol. The summed E-state index contributed by atoms with van der Waals surface area (Å²) in [6.07, 6.45) is -4.63. The molecule has 12 bridgehead atoms. The number of Topliss-reactive ketones (excluding diaryl/α,β-unsaturated/α-hetero) is 1. The van der Waals surface area contributed by atoms with E-state index in [2.05, 4.69) is 13.2 Å². The third-order valence-corrected chi connectivity index (χ3v) is 18.1. The third kappa shape index (κ3) is 15.3. The average Bonchev–Trinajstić information content (AvgIpc) is 3.82. The molecule has 0 saturated carbocycles. The Morgan fingerprint density at radius 3 is 2.27 bits per heavy atom. The highest BCUT2D eigenvalue weighted by Crippen LogP contribution is 2.47. The molecule has 446 valence electrons. The first-order valence-corrected chi connectivity index (χ1v) is 29.1. The molecule has 0 radical (unpaired) electrons. The van der Waals surface area contributed by atoms with Gasteiger partial charge in [0.1, 0.15) is 24.1 Å². The fourth-order valence-electron chi connectivity index (χ4n) is 13.9. The molecule has 2 spiro atoms. The highest BCUT2D eigenvalue weighted by atomic mass is 35.5. The molecule has 24 atom stereocenters. The van der Waals surface area contributed by atoms with Crippen LogP contribution in [0.25, 0.3) is 0 Å². The normalized spacial score (nSPS) is 48.3. The lowest BCUT2D eigenvalue weighted by atomic mass is 9.78. The SMILES string of the molecule is C=C(Cl)/C=C/[C@@H](O)CC(=C)C[C@H]1OC2C(C)C(OC(=O)C[C@H]3C[C@H](O)CC4(C[C@@](C)(O)C[C@H](/C=C5/CO[C@H]([C@H](C)C(=O)C[C@@H]6C[C@H](OC)CC7(C[C@@H](O)C[C@H](/C=C\CCC[C@H]8O[C@](O)(C[C@H](O)[C@H]8C)[C@H]2O)O7)O6)[C@H]5C)O4)O3)[C@@H]1O. The second kappa shape index (κ2) is 25.8. The quantitative estimate of drug-likeness (QED) is 0.0967. The van der Waals surface area contributed by atoms with Gasteiger partial charge in [0.2, 0.25) is 0 Å². The van der Waals surface area contributed by atoms with Gasteiger partial charge in [0, 0.05) is 100 Å².